The number of hydrogen-bond donors (Lipinski definition) is 0. The van der Waals surface area contributed by atoms with Crippen LogP contribution < -0.4 is 9.80 Å². The van der Waals surface area contributed by atoms with Crippen molar-refractivity contribution in [3.63, 3.8) is 0 Å². The summed E-state index contributed by atoms with van der Waals surface area (Å²) < 4.78 is 2.37. The standard InChI is InChI=1S/C62H46N4/c1-64-43-65(58-35-17-16-34-57(58)64)51-29-18-28-49(41-51)62(47-24-10-4-11-25-47,48-26-12-5-13-27-48)50-36-37-55-54-30-14-15-33-56(54)66(59(55)42-50)60-40-46(38-39-63-60)61-52(44-20-6-2-7-21-44)31-19-32-53(61)45-22-8-3-9-23-45/h2-42H,43H2,1H3. The summed E-state index contributed by atoms with van der Waals surface area (Å²) in [7, 11) is 2.17. The fraction of sp³-hybridized carbons (Fsp3) is 0.0484. The van der Waals surface area contributed by atoms with Crippen LogP contribution in [0.4, 0.5) is 17.1 Å². The highest BCUT2D eigenvalue weighted by Gasteiger charge is 2.39. The summed E-state index contributed by atoms with van der Waals surface area (Å²) in [5.41, 5.74) is 16.9. The Morgan fingerprint density at radius 2 is 0.955 bits per heavy atom. The third-order valence-corrected chi connectivity index (χ3v) is 13.5. The monoisotopic (exact) mass is 846 g/mol. The van der Waals surface area contributed by atoms with Crippen molar-refractivity contribution in [2.45, 2.75) is 5.41 Å². The first kappa shape index (κ1) is 39.1. The Labute approximate surface area is 385 Å². The molecule has 12 rings (SSSR count). The van der Waals surface area contributed by atoms with Crippen molar-refractivity contribution in [3.8, 4) is 39.2 Å². The molecular formula is C62H46N4. The van der Waals surface area contributed by atoms with Gasteiger partial charge < -0.3 is 9.80 Å². The zero-order valence-electron chi connectivity index (χ0n) is 36.7. The highest BCUT2D eigenvalue weighted by molar-refractivity contribution is 6.09. The molecule has 1 aliphatic rings. The smallest absolute Gasteiger partial charge is 0.138 e. The third kappa shape index (κ3) is 6.41. The minimum Gasteiger partial charge on any atom is -0.355 e. The summed E-state index contributed by atoms with van der Waals surface area (Å²) in [5.74, 6) is 0.863. The molecule has 9 aromatic carbocycles. The lowest BCUT2D eigenvalue weighted by Crippen LogP contribution is -2.31. The van der Waals surface area contributed by atoms with Crippen molar-refractivity contribution in [2.75, 3.05) is 23.5 Å². The van der Waals surface area contributed by atoms with Crippen molar-refractivity contribution in [2.24, 2.45) is 0 Å². The molecule has 0 amide bonds. The molecular weight excluding hydrogens is 801 g/mol. The number of aromatic nitrogens is 2. The van der Waals surface area contributed by atoms with Crippen LogP contribution in [0.3, 0.4) is 0 Å². The molecule has 2 aromatic heterocycles. The quantitative estimate of drug-likeness (QED) is 0.135. The fourth-order valence-corrected chi connectivity index (χ4v) is 10.6. The second-order valence-electron chi connectivity index (χ2n) is 17.2. The Bertz CT molecular complexity index is 3430. The fourth-order valence-electron chi connectivity index (χ4n) is 10.6. The lowest BCUT2D eigenvalue weighted by molar-refractivity contribution is 0.745. The van der Waals surface area contributed by atoms with E-state index >= 15 is 0 Å². The Morgan fingerprint density at radius 1 is 0.409 bits per heavy atom. The van der Waals surface area contributed by atoms with Gasteiger partial charge in [0, 0.05) is 29.7 Å². The van der Waals surface area contributed by atoms with Gasteiger partial charge in [-0.2, -0.15) is 0 Å². The highest BCUT2D eigenvalue weighted by atomic mass is 15.4. The number of rotatable bonds is 9. The molecule has 0 saturated carbocycles. The molecule has 0 spiro atoms. The maximum atomic E-state index is 5.21. The third-order valence-electron chi connectivity index (χ3n) is 13.5. The van der Waals surface area contributed by atoms with Gasteiger partial charge in [-0.3, -0.25) is 4.57 Å². The predicted molar refractivity (Wildman–Crippen MR) is 275 cm³/mol. The molecule has 0 saturated heterocycles. The van der Waals surface area contributed by atoms with Crippen LogP contribution in [-0.2, 0) is 5.41 Å². The Morgan fingerprint density at radius 3 is 1.64 bits per heavy atom. The molecule has 4 nitrogen and oxygen atoms in total. The van der Waals surface area contributed by atoms with E-state index in [0.717, 1.165) is 34.8 Å². The largest absolute Gasteiger partial charge is 0.355 e. The first-order valence-corrected chi connectivity index (χ1v) is 22.7. The molecule has 0 aliphatic carbocycles. The molecule has 0 unspecified atom stereocenters. The van der Waals surface area contributed by atoms with Gasteiger partial charge in [0.1, 0.15) is 5.82 Å². The number of benzene rings is 9. The van der Waals surface area contributed by atoms with Crippen molar-refractivity contribution in [1.29, 1.82) is 0 Å². The maximum absolute atomic E-state index is 5.21. The number of nitrogens with zero attached hydrogens (tertiary/aromatic N) is 4. The van der Waals surface area contributed by atoms with Crippen LogP contribution >= 0.6 is 0 Å². The van der Waals surface area contributed by atoms with Gasteiger partial charge in [0.2, 0.25) is 0 Å². The van der Waals surface area contributed by atoms with E-state index in [-0.39, 0.29) is 0 Å². The lowest BCUT2D eigenvalue weighted by Gasteiger charge is -2.37. The Hall–Kier alpha value is -8.47. The van der Waals surface area contributed by atoms with Crippen LogP contribution in [0.5, 0.6) is 0 Å². The van der Waals surface area contributed by atoms with Gasteiger partial charge in [0.15, 0.2) is 0 Å². The molecule has 0 N–H and O–H groups in total. The molecule has 1 aliphatic heterocycles. The summed E-state index contributed by atoms with van der Waals surface area (Å²) in [5, 5.41) is 2.36. The van der Waals surface area contributed by atoms with E-state index in [0.29, 0.717) is 0 Å². The van der Waals surface area contributed by atoms with Crippen LogP contribution in [0.2, 0.25) is 0 Å². The van der Waals surface area contributed by atoms with Crippen molar-refractivity contribution < 1.29 is 0 Å². The van der Waals surface area contributed by atoms with E-state index in [1.54, 1.807) is 0 Å². The van der Waals surface area contributed by atoms with E-state index in [2.05, 4.69) is 264 Å². The summed E-state index contributed by atoms with van der Waals surface area (Å²) >= 11 is 0. The molecule has 4 heteroatoms. The summed E-state index contributed by atoms with van der Waals surface area (Å²) in [6.45, 7) is 0.771. The lowest BCUT2D eigenvalue weighted by atomic mass is 9.65. The molecule has 314 valence electrons. The molecule has 0 atom stereocenters. The van der Waals surface area contributed by atoms with E-state index in [1.807, 2.05) is 6.20 Å². The van der Waals surface area contributed by atoms with Gasteiger partial charge in [-0.25, -0.2) is 4.98 Å². The van der Waals surface area contributed by atoms with E-state index < -0.39 is 5.41 Å². The van der Waals surface area contributed by atoms with Crippen LogP contribution in [0.25, 0.3) is 61.0 Å². The first-order chi connectivity index (χ1) is 32.7. The van der Waals surface area contributed by atoms with Crippen molar-refractivity contribution in [1.82, 2.24) is 9.55 Å². The zero-order valence-corrected chi connectivity index (χ0v) is 36.7. The first-order valence-electron chi connectivity index (χ1n) is 22.7. The number of para-hydroxylation sites is 3. The average molecular weight is 847 g/mol. The predicted octanol–water partition coefficient (Wildman–Crippen LogP) is 15.1. The molecule has 0 bridgehead atoms. The number of pyridine rings is 1. The van der Waals surface area contributed by atoms with Crippen molar-refractivity contribution >= 4 is 38.9 Å². The minimum atomic E-state index is -0.687. The average Bonchev–Trinajstić information content (AvgIpc) is 3.92. The molecule has 11 aromatic rings. The molecule has 3 heterocycles. The normalized spacial score (nSPS) is 12.5. The van der Waals surface area contributed by atoms with Crippen LogP contribution in [0.15, 0.2) is 249 Å². The number of hydrogen-bond acceptors (Lipinski definition) is 3. The number of fused-ring (bicyclic) bond motifs is 4. The van der Waals surface area contributed by atoms with Gasteiger partial charge in [-0.1, -0.05) is 194 Å². The van der Waals surface area contributed by atoms with Crippen LogP contribution in [0.1, 0.15) is 22.3 Å². The van der Waals surface area contributed by atoms with Gasteiger partial charge in [0.25, 0.3) is 0 Å². The van der Waals surface area contributed by atoms with Crippen LogP contribution in [0, 0.1) is 0 Å². The van der Waals surface area contributed by atoms with Crippen LogP contribution in [-0.4, -0.2) is 23.3 Å². The molecule has 0 fully saturated rings. The van der Waals surface area contributed by atoms with Gasteiger partial charge in [0.05, 0.1) is 34.5 Å². The summed E-state index contributed by atoms with van der Waals surface area (Å²) in [4.78, 5) is 9.96. The molecule has 66 heavy (non-hydrogen) atoms. The van der Waals surface area contributed by atoms with Crippen molar-refractivity contribution in [3.05, 3.63) is 271 Å². The van der Waals surface area contributed by atoms with E-state index in [1.165, 1.54) is 72.2 Å². The number of anilines is 3. The van der Waals surface area contributed by atoms with Gasteiger partial charge in [-0.05, 0) is 104 Å². The summed E-state index contributed by atoms with van der Waals surface area (Å²) in [6.07, 6.45) is 1.98. The maximum Gasteiger partial charge on any atom is 0.138 e. The van der Waals surface area contributed by atoms with E-state index in [9.17, 15) is 0 Å². The molecule has 0 radical (unpaired) electrons. The Balaban J connectivity index is 1.11. The SMILES string of the molecule is CN1CN(c2cccc(C(c3ccccc3)(c3ccccc3)c3ccc4c5ccccc5n(-c5cc(-c6c(-c7ccccc7)cccc6-c6ccccc6)ccn5)c4c3)c2)c2ccccc21. The van der Waals surface area contributed by atoms with Gasteiger partial charge >= 0.3 is 0 Å². The Kier molecular flexibility index (Phi) is 9.65. The highest BCUT2D eigenvalue weighted by Crippen LogP contribution is 2.49. The topological polar surface area (TPSA) is 24.3 Å². The zero-order chi connectivity index (χ0) is 44.0. The van der Waals surface area contributed by atoms with Gasteiger partial charge in [-0.15, -0.1) is 0 Å². The minimum absolute atomic E-state index is 0.687. The second kappa shape index (κ2) is 16.3. The summed E-state index contributed by atoms with van der Waals surface area (Å²) in [6, 6.07) is 88.4. The van der Waals surface area contributed by atoms with E-state index in [4.69, 9.17) is 4.98 Å². The second-order valence-corrected chi connectivity index (χ2v) is 17.2.